The fraction of sp³-hybridized carbons (Fsp3) is 1.00. The van der Waals surface area contributed by atoms with Crippen LogP contribution in [-0.4, -0.2) is 31.3 Å². The zero-order valence-corrected chi connectivity index (χ0v) is 10.2. The van der Waals surface area contributed by atoms with E-state index in [1.807, 2.05) is 0 Å². The lowest BCUT2D eigenvalue weighted by molar-refractivity contribution is 0.287. The first-order valence-electron chi connectivity index (χ1n) is 4.81. The Morgan fingerprint density at radius 1 is 1.36 bits per heavy atom. The van der Waals surface area contributed by atoms with Crippen LogP contribution in [-0.2, 0) is 10.1 Å². The van der Waals surface area contributed by atoms with Crippen molar-refractivity contribution in [3.05, 3.63) is 0 Å². The van der Waals surface area contributed by atoms with E-state index in [1.165, 1.54) is 0 Å². The van der Waals surface area contributed by atoms with Crippen LogP contribution >= 0.6 is 0 Å². The van der Waals surface area contributed by atoms with Gasteiger partial charge in [-0.15, -0.1) is 0 Å². The van der Waals surface area contributed by atoms with E-state index in [1.54, 1.807) is 0 Å². The molecule has 0 spiro atoms. The average molecular weight is 223 g/mol. The second-order valence-electron chi connectivity index (χ2n) is 4.68. The third-order valence-corrected chi connectivity index (χ3v) is 3.13. The molecule has 0 aromatic heterocycles. The third kappa shape index (κ3) is 7.29. The molecule has 0 aromatic rings. The quantitative estimate of drug-likeness (QED) is 0.544. The maximum Gasteiger partial charge on any atom is 0.264 e. The lowest BCUT2D eigenvalue weighted by Crippen LogP contribution is -2.38. The minimum atomic E-state index is -3.80. The van der Waals surface area contributed by atoms with Crippen molar-refractivity contribution >= 4 is 10.1 Å². The first-order chi connectivity index (χ1) is 6.13. The van der Waals surface area contributed by atoms with Crippen LogP contribution in [0.25, 0.3) is 0 Å². The Labute approximate surface area is 86.8 Å². The molecular formula is C9H21NO3S. The first kappa shape index (κ1) is 13.9. The Morgan fingerprint density at radius 3 is 2.21 bits per heavy atom. The molecule has 0 radical (unpaired) electrons. The van der Waals surface area contributed by atoms with E-state index in [0.29, 0.717) is 19.0 Å². The van der Waals surface area contributed by atoms with Crippen LogP contribution in [0.2, 0.25) is 0 Å². The summed E-state index contributed by atoms with van der Waals surface area (Å²) in [6, 6.07) is 0.323. The van der Waals surface area contributed by atoms with Gasteiger partial charge in [0, 0.05) is 6.04 Å². The minimum absolute atomic E-state index is 0.165. The molecule has 5 heteroatoms. The predicted octanol–water partition coefficient (Wildman–Crippen LogP) is 1.29. The van der Waals surface area contributed by atoms with Crippen LogP contribution < -0.4 is 5.32 Å². The molecule has 0 aromatic carbocycles. The molecule has 0 saturated heterocycles. The van der Waals surface area contributed by atoms with Crippen LogP contribution in [0.1, 0.15) is 34.1 Å². The molecule has 14 heavy (non-hydrogen) atoms. The zero-order valence-electron chi connectivity index (χ0n) is 9.37. The van der Waals surface area contributed by atoms with Crippen LogP contribution in [0.15, 0.2) is 0 Å². The number of rotatable bonds is 5. The zero-order chi connectivity index (χ0) is 11.4. The van der Waals surface area contributed by atoms with Gasteiger partial charge in [-0.3, -0.25) is 4.55 Å². The Morgan fingerprint density at radius 2 is 1.86 bits per heavy atom. The van der Waals surface area contributed by atoms with Crippen molar-refractivity contribution in [2.24, 2.45) is 5.41 Å². The summed E-state index contributed by atoms with van der Waals surface area (Å²) in [6.45, 7) is 9.03. The van der Waals surface area contributed by atoms with Crippen LogP contribution in [0.5, 0.6) is 0 Å². The Bertz CT molecular complexity index is 254. The van der Waals surface area contributed by atoms with Crippen molar-refractivity contribution in [1.82, 2.24) is 5.32 Å². The van der Waals surface area contributed by atoms with Gasteiger partial charge in [0.25, 0.3) is 10.1 Å². The molecule has 1 atom stereocenters. The summed E-state index contributed by atoms with van der Waals surface area (Å²) in [5.41, 5.74) is 0.165. The summed E-state index contributed by atoms with van der Waals surface area (Å²) in [4.78, 5) is 0. The second kappa shape index (κ2) is 5.09. The van der Waals surface area contributed by atoms with E-state index in [2.05, 4.69) is 33.0 Å². The van der Waals surface area contributed by atoms with E-state index < -0.39 is 10.1 Å². The van der Waals surface area contributed by atoms with Gasteiger partial charge < -0.3 is 5.32 Å². The summed E-state index contributed by atoms with van der Waals surface area (Å²) in [5.74, 6) is -0.170. The number of hydrogen-bond acceptors (Lipinski definition) is 3. The van der Waals surface area contributed by atoms with Crippen molar-refractivity contribution in [1.29, 1.82) is 0 Å². The van der Waals surface area contributed by atoms with E-state index in [9.17, 15) is 8.42 Å². The molecule has 0 aliphatic rings. The van der Waals surface area contributed by atoms with Gasteiger partial charge >= 0.3 is 0 Å². The highest BCUT2D eigenvalue weighted by atomic mass is 32.2. The highest BCUT2D eigenvalue weighted by molar-refractivity contribution is 7.85. The van der Waals surface area contributed by atoms with E-state index >= 15 is 0 Å². The fourth-order valence-electron chi connectivity index (χ4n) is 0.879. The van der Waals surface area contributed by atoms with Crippen LogP contribution in [0.3, 0.4) is 0 Å². The van der Waals surface area contributed by atoms with E-state index in [0.717, 1.165) is 0 Å². The Kier molecular flexibility index (Phi) is 5.05. The van der Waals surface area contributed by atoms with Gasteiger partial charge in [0.05, 0.1) is 5.75 Å². The van der Waals surface area contributed by atoms with Gasteiger partial charge in [0.2, 0.25) is 0 Å². The van der Waals surface area contributed by atoms with Crippen LogP contribution in [0.4, 0.5) is 0 Å². The van der Waals surface area contributed by atoms with Crippen molar-refractivity contribution in [2.75, 3.05) is 12.3 Å². The largest absolute Gasteiger partial charge is 0.314 e. The van der Waals surface area contributed by atoms with E-state index in [-0.39, 0.29) is 11.2 Å². The maximum atomic E-state index is 10.4. The lowest BCUT2D eigenvalue weighted by atomic mass is 9.88. The smallest absolute Gasteiger partial charge is 0.264 e. The SMILES string of the molecule is C[C@H](NCCCS(=O)(=O)O)C(C)(C)C. The molecule has 0 amide bonds. The van der Waals surface area contributed by atoms with E-state index in [4.69, 9.17) is 4.55 Å². The van der Waals surface area contributed by atoms with Crippen molar-refractivity contribution < 1.29 is 13.0 Å². The molecule has 0 unspecified atom stereocenters. The standard InChI is InChI=1S/C9H21NO3S/c1-8(9(2,3)4)10-6-5-7-14(11,12)13/h8,10H,5-7H2,1-4H3,(H,11,12,13)/t8-/m0/s1. The topological polar surface area (TPSA) is 66.4 Å². The summed E-state index contributed by atoms with van der Waals surface area (Å²) in [7, 11) is -3.80. The molecule has 86 valence electrons. The van der Waals surface area contributed by atoms with Gasteiger partial charge in [-0.1, -0.05) is 20.8 Å². The summed E-state index contributed by atoms with van der Waals surface area (Å²) in [5, 5.41) is 3.22. The number of nitrogens with one attached hydrogen (secondary N) is 1. The molecule has 0 heterocycles. The fourth-order valence-corrected chi connectivity index (χ4v) is 1.39. The Hall–Kier alpha value is -0.130. The second-order valence-corrected chi connectivity index (χ2v) is 6.25. The normalized spacial score (nSPS) is 15.5. The predicted molar refractivity (Wildman–Crippen MR) is 58.0 cm³/mol. The molecule has 0 aliphatic carbocycles. The lowest BCUT2D eigenvalue weighted by Gasteiger charge is -2.28. The molecule has 0 aliphatic heterocycles. The molecule has 0 bridgehead atoms. The maximum absolute atomic E-state index is 10.4. The first-order valence-corrected chi connectivity index (χ1v) is 6.42. The van der Waals surface area contributed by atoms with Gasteiger partial charge in [0.1, 0.15) is 0 Å². The van der Waals surface area contributed by atoms with Crippen LogP contribution in [0, 0.1) is 5.41 Å². The highest BCUT2D eigenvalue weighted by Crippen LogP contribution is 2.18. The van der Waals surface area contributed by atoms with Crippen molar-refractivity contribution in [3.8, 4) is 0 Å². The summed E-state index contributed by atoms with van der Waals surface area (Å²) in [6.07, 6.45) is 0.444. The third-order valence-electron chi connectivity index (χ3n) is 2.33. The molecule has 4 nitrogen and oxygen atoms in total. The number of hydrogen-bond donors (Lipinski definition) is 2. The minimum Gasteiger partial charge on any atom is -0.314 e. The van der Waals surface area contributed by atoms with Crippen molar-refractivity contribution in [2.45, 2.75) is 40.2 Å². The molecule has 0 fully saturated rings. The molecule has 0 saturated carbocycles. The van der Waals surface area contributed by atoms with Gasteiger partial charge in [0.15, 0.2) is 0 Å². The molecular weight excluding hydrogens is 202 g/mol. The summed E-state index contributed by atoms with van der Waals surface area (Å²) < 4.78 is 29.3. The molecule has 0 rings (SSSR count). The monoisotopic (exact) mass is 223 g/mol. The van der Waals surface area contributed by atoms with Crippen molar-refractivity contribution in [3.63, 3.8) is 0 Å². The Balaban J connectivity index is 3.66. The van der Waals surface area contributed by atoms with Gasteiger partial charge in [-0.05, 0) is 25.3 Å². The van der Waals surface area contributed by atoms with Gasteiger partial charge in [-0.25, -0.2) is 0 Å². The summed E-state index contributed by atoms with van der Waals surface area (Å²) >= 11 is 0. The average Bonchev–Trinajstić information content (AvgIpc) is 1.93. The van der Waals surface area contributed by atoms with Gasteiger partial charge in [-0.2, -0.15) is 8.42 Å². The molecule has 2 N–H and O–H groups in total. The highest BCUT2D eigenvalue weighted by Gasteiger charge is 2.18.